The summed E-state index contributed by atoms with van der Waals surface area (Å²) in [6.07, 6.45) is 1.72. The number of aromatic nitrogens is 1. The number of benzene rings is 2. The first-order chi connectivity index (χ1) is 13.4. The minimum absolute atomic E-state index is 0.0424. The maximum atomic E-state index is 13.3. The van der Waals surface area contributed by atoms with Crippen molar-refractivity contribution in [1.82, 2.24) is 9.88 Å². The van der Waals surface area contributed by atoms with Gasteiger partial charge in [0.05, 0.1) is 12.1 Å². The molecule has 0 unspecified atom stereocenters. The van der Waals surface area contributed by atoms with Gasteiger partial charge in [-0.3, -0.25) is 0 Å². The zero-order valence-electron chi connectivity index (χ0n) is 15.9. The molecule has 0 aliphatic carbocycles. The number of pyridine rings is 1. The number of nitrogens with zero attached hydrogens (tertiary/aromatic N) is 2. The molecule has 0 bridgehead atoms. The Labute approximate surface area is 168 Å². The van der Waals surface area contributed by atoms with Gasteiger partial charge in [0, 0.05) is 29.9 Å². The molecule has 2 amide bonds. The van der Waals surface area contributed by atoms with Crippen molar-refractivity contribution < 1.29 is 13.9 Å². The number of nitrogens with one attached hydrogen (secondary N) is 1. The van der Waals surface area contributed by atoms with Gasteiger partial charge in [-0.25, -0.2) is 14.2 Å². The van der Waals surface area contributed by atoms with E-state index >= 15 is 0 Å². The molecule has 0 fully saturated rings. The molecule has 5 nitrogen and oxygen atoms in total. The fraction of sp³-hybridized carbons (Fsp3) is 0.238. The predicted molar refractivity (Wildman–Crippen MR) is 109 cm³/mol. The molecule has 0 aliphatic heterocycles. The first-order valence-electron chi connectivity index (χ1n) is 8.84. The molecule has 2 aromatic carbocycles. The molecular weight excluding hydrogens is 381 g/mol. The van der Waals surface area contributed by atoms with E-state index in [0.29, 0.717) is 18.1 Å². The van der Waals surface area contributed by atoms with Crippen LogP contribution in [0.25, 0.3) is 10.8 Å². The van der Waals surface area contributed by atoms with Crippen LogP contribution in [0.15, 0.2) is 48.7 Å². The van der Waals surface area contributed by atoms with Gasteiger partial charge in [-0.15, -0.1) is 0 Å². The van der Waals surface area contributed by atoms with E-state index in [-0.39, 0.29) is 17.1 Å². The summed E-state index contributed by atoms with van der Waals surface area (Å²) in [4.78, 5) is 18.9. The quantitative estimate of drug-likeness (QED) is 0.616. The van der Waals surface area contributed by atoms with Gasteiger partial charge in [-0.2, -0.15) is 0 Å². The maximum Gasteiger partial charge on any atom is 0.322 e. The van der Waals surface area contributed by atoms with Crippen molar-refractivity contribution in [1.29, 1.82) is 0 Å². The van der Waals surface area contributed by atoms with Gasteiger partial charge in [0.15, 0.2) is 0 Å². The van der Waals surface area contributed by atoms with Crippen LogP contribution < -0.4 is 10.1 Å². The van der Waals surface area contributed by atoms with Crippen molar-refractivity contribution in [2.45, 2.75) is 26.4 Å². The number of urea groups is 1. The van der Waals surface area contributed by atoms with Crippen molar-refractivity contribution in [2.75, 3.05) is 12.4 Å². The fourth-order valence-electron chi connectivity index (χ4n) is 2.96. The van der Waals surface area contributed by atoms with Gasteiger partial charge in [0.2, 0.25) is 5.88 Å². The van der Waals surface area contributed by atoms with Crippen molar-refractivity contribution in [3.05, 3.63) is 65.1 Å². The molecule has 1 heterocycles. The highest BCUT2D eigenvalue weighted by molar-refractivity contribution is 6.31. The summed E-state index contributed by atoms with van der Waals surface area (Å²) in [7, 11) is 1.58. The number of fused-ring (bicyclic) bond motifs is 1. The molecule has 0 aliphatic rings. The van der Waals surface area contributed by atoms with Gasteiger partial charge < -0.3 is 15.0 Å². The Morgan fingerprint density at radius 3 is 2.61 bits per heavy atom. The number of halogens is 2. The fourth-order valence-corrected chi connectivity index (χ4v) is 3.14. The van der Waals surface area contributed by atoms with Crippen LogP contribution in [-0.2, 0) is 6.54 Å². The summed E-state index contributed by atoms with van der Waals surface area (Å²) in [5.41, 5.74) is 1.33. The summed E-state index contributed by atoms with van der Waals surface area (Å²) in [5, 5.41) is 4.59. The Hall–Kier alpha value is -2.86. The molecule has 3 rings (SSSR count). The van der Waals surface area contributed by atoms with Gasteiger partial charge in [-0.05, 0) is 49.1 Å². The highest BCUT2D eigenvalue weighted by Gasteiger charge is 2.20. The van der Waals surface area contributed by atoms with Crippen LogP contribution in [0.4, 0.5) is 14.9 Å². The van der Waals surface area contributed by atoms with Crippen LogP contribution in [0.5, 0.6) is 5.88 Å². The average Bonchev–Trinajstić information content (AvgIpc) is 2.68. The number of hydrogen-bond donors (Lipinski definition) is 1. The minimum Gasteiger partial charge on any atom is -0.481 e. The second-order valence-electron chi connectivity index (χ2n) is 6.62. The van der Waals surface area contributed by atoms with Crippen molar-refractivity contribution in [2.24, 2.45) is 0 Å². The van der Waals surface area contributed by atoms with Crippen LogP contribution in [0.3, 0.4) is 0 Å². The number of ether oxygens (including phenoxy) is 1. The summed E-state index contributed by atoms with van der Waals surface area (Å²) in [6, 6.07) is 11.5. The monoisotopic (exact) mass is 401 g/mol. The maximum absolute atomic E-state index is 13.3. The number of rotatable bonds is 5. The van der Waals surface area contributed by atoms with E-state index in [1.54, 1.807) is 18.2 Å². The second-order valence-corrected chi connectivity index (χ2v) is 7.03. The molecule has 3 aromatic rings. The Morgan fingerprint density at radius 2 is 1.96 bits per heavy atom. The molecule has 0 spiro atoms. The molecule has 1 aromatic heterocycles. The smallest absolute Gasteiger partial charge is 0.322 e. The summed E-state index contributed by atoms with van der Waals surface area (Å²) < 4.78 is 18.7. The van der Waals surface area contributed by atoms with Crippen LogP contribution in [-0.4, -0.2) is 29.1 Å². The van der Waals surface area contributed by atoms with E-state index < -0.39 is 5.82 Å². The molecule has 7 heteroatoms. The second kappa shape index (κ2) is 8.44. The van der Waals surface area contributed by atoms with Gasteiger partial charge in [-0.1, -0.05) is 29.8 Å². The molecule has 0 saturated carbocycles. The van der Waals surface area contributed by atoms with Crippen molar-refractivity contribution >= 4 is 34.1 Å². The van der Waals surface area contributed by atoms with E-state index in [9.17, 15) is 9.18 Å². The molecule has 146 valence electrons. The third-order valence-electron chi connectivity index (χ3n) is 4.43. The standard InChI is InChI=1S/C21H21ClFN3O2/c1-13(2)26(21(27)25-15-8-9-19(23)18(22)10-15)12-14-11-24-20(28-3)17-7-5-4-6-16(14)17/h4-11,13H,12H2,1-3H3,(H,25,27). The van der Waals surface area contributed by atoms with E-state index in [2.05, 4.69) is 10.3 Å². The number of carbonyl (C=O) groups excluding carboxylic acids is 1. The largest absolute Gasteiger partial charge is 0.481 e. The van der Waals surface area contributed by atoms with Gasteiger partial charge in [0.1, 0.15) is 5.82 Å². The van der Waals surface area contributed by atoms with E-state index in [0.717, 1.165) is 16.3 Å². The zero-order valence-corrected chi connectivity index (χ0v) is 16.6. The SMILES string of the molecule is COc1ncc(CN(C(=O)Nc2ccc(F)c(Cl)c2)C(C)C)c2ccccc12. The molecule has 0 radical (unpaired) electrons. The normalized spacial score (nSPS) is 10.9. The van der Waals surface area contributed by atoms with Crippen LogP contribution in [0.1, 0.15) is 19.4 Å². The van der Waals surface area contributed by atoms with Crippen LogP contribution in [0.2, 0.25) is 5.02 Å². The zero-order chi connectivity index (χ0) is 20.3. The van der Waals surface area contributed by atoms with E-state index in [1.807, 2.05) is 38.1 Å². The Morgan fingerprint density at radius 1 is 1.25 bits per heavy atom. The minimum atomic E-state index is -0.531. The number of anilines is 1. The average molecular weight is 402 g/mol. The molecule has 0 saturated heterocycles. The van der Waals surface area contributed by atoms with E-state index in [4.69, 9.17) is 16.3 Å². The topological polar surface area (TPSA) is 54.5 Å². The Bertz CT molecular complexity index is 1010. The third kappa shape index (κ3) is 4.17. The van der Waals surface area contributed by atoms with Gasteiger partial charge in [0.25, 0.3) is 0 Å². The molecular formula is C21H21ClFN3O2. The number of methoxy groups -OCH3 is 1. The summed E-state index contributed by atoms with van der Waals surface area (Å²) in [6.45, 7) is 4.21. The number of carbonyl (C=O) groups is 1. The number of amides is 2. The third-order valence-corrected chi connectivity index (χ3v) is 4.72. The Balaban J connectivity index is 1.88. The summed E-state index contributed by atoms with van der Waals surface area (Å²) >= 11 is 5.80. The summed E-state index contributed by atoms with van der Waals surface area (Å²) in [5.74, 6) is 0.0111. The van der Waals surface area contributed by atoms with Crippen LogP contribution in [0, 0.1) is 5.82 Å². The Kier molecular flexibility index (Phi) is 5.99. The number of hydrogen-bond acceptors (Lipinski definition) is 3. The van der Waals surface area contributed by atoms with Crippen molar-refractivity contribution in [3.63, 3.8) is 0 Å². The lowest BCUT2D eigenvalue weighted by atomic mass is 10.1. The first kappa shape index (κ1) is 19.9. The lowest BCUT2D eigenvalue weighted by molar-refractivity contribution is 0.194. The molecule has 0 atom stereocenters. The van der Waals surface area contributed by atoms with Gasteiger partial charge >= 0.3 is 6.03 Å². The first-order valence-corrected chi connectivity index (χ1v) is 9.21. The van der Waals surface area contributed by atoms with Crippen molar-refractivity contribution in [3.8, 4) is 5.88 Å². The highest BCUT2D eigenvalue weighted by Crippen LogP contribution is 2.27. The molecule has 28 heavy (non-hydrogen) atoms. The molecule has 1 N–H and O–H groups in total. The van der Waals surface area contributed by atoms with E-state index in [1.165, 1.54) is 18.2 Å². The lowest BCUT2D eigenvalue weighted by Crippen LogP contribution is -2.39. The van der Waals surface area contributed by atoms with Crippen LogP contribution >= 0.6 is 11.6 Å². The predicted octanol–water partition coefficient (Wildman–Crippen LogP) is 5.48. The lowest BCUT2D eigenvalue weighted by Gasteiger charge is -2.27. The highest BCUT2D eigenvalue weighted by atomic mass is 35.5.